The van der Waals surface area contributed by atoms with Crippen molar-refractivity contribution in [1.82, 2.24) is 14.9 Å². The third kappa shape index (κ3) is 6.29. The first-order valence-corrected chi connectivity index (χ1v) is 14.8. The minimum atomic E-state index is -4.64. The van der Waals surface area contributed by atoms with Crippen molar-refractivity contribution in [2.24, 2.45) is 5.92 Å². The minimum absolute atomic E-state index is 0.0159. The summed E-state index contributed by atoms with van der Waals surface area (Å²) in [5.74, 6) is 0.644. The smallest absolute Gasteiger partial charge is 0.419 e. The monoisotopic (exact) mass is 609 g/mol. The molecule has 44 heavy (non-hydrogen) atoms. The average molecular weight is 610 g/mol. The molecule has 2 aliphatic heterocycles. The first-order chi connectivity index (χ1) is 20.8. The number of Topliss-reactive ketones (excluding diaryl/α,β-unsaturated/α-hetero) is 1. The van der Waals surface area contributed by atoms with Gasteiger partial charge in [-0.1, -0.05) is 12.1 Å². The van der Waals surface area contributed by atoms with Crippen molar-refractivity contribution in [3.63, 3.8) is 0 Å². The van der Waals surface area contributed by atoms with Crippen LogP contribution in [-0.4, -0.2) is 60.9 Å². The quantitative estimate of drug-likeness (QED) is 0.289. The Balaban J connectivity index is 1.37. The van der Waals surface area contributed by atoms with Crippen LogP contribution in [0.25, 0.3) is 0 Å². The van der Waals surface area contributed by atoms with Crippen molar-refractivity contribution in [3.8, 4) is 5.75 Å². The maximum Gasteiger partial charge on any atom is 0.419 e. The number of piperidine rings is 1. The van der Waals surface area contributed by atoms with Gasteiger partial charge in [-0.05, 0) is 101 Å². The lowest BCUT2D eigenvalue weighted by Gasteiger charge is -2.28. The van der Waals surface area contributed by atoms with Crippen molar-refractivity contribution < 1.29 is 27.5 Å². The molecule has 0 saturated carbocycles. The van der Waals surface area contributed by atoms with Gasteiger partial charge < -0.3 is 19.9 Å². The molecule has 0 unspecified atom stereocenters. The summed E-state index contributed by atoms with van der Waals surface area (Å²) in [5.41, 5.74) is 1.47. The number of hydrogen-bond acceptors (Lipinski definition) is 7. The van der Waals surface area contributed by atoms with Crippen LogP contribution in [-0.2, 0) is 29.2 Å². The number of hydrogen-bond donors (Lipinski definition) is 1. The summed E-state index contributed by atoms with van der Waals surface area (Å²) >= 11 is 0. The van der Waals surface area contributed by atoms with Gasteiger partial charge in [0.1, 0.15) is 5.75 Å². The predicted molar refractivity (Wildman–Crippen MR) is 163 cm³/mol. The van der Waals surface area contributed by atoms with Crippen LogP contribution in [0.5, 0.6) is 5.75 Å². The van der Waals surface area contributed by atoms with Crippen LogP contribution in [0.1, 0.15) is 65.9 Å². The van der Waals surface area contributed by atoms with Gasteiger partial charge in [0.15, 0.2) is 5.78 Å². The van der Waals surface area contributed by atoms with Crippen LogP contribution in [0.15, 0.2) is 42.6 Å². The highest BCUT2D eigenvalue weighted by atomic mass is 19.4. The zero-order valence-corrected chi connectivity index (χ0v) is 25.7. The van der Waals surface area contributed by atoms with Crippen LogP contribution in [0.4, 0.5) is 30.5 Å². The predicted octanol–water partition coefficient (Wildman–Crippen LogP) is 6.20. The number of carbonyl (C=O) groups is 2. The highest BCUT2D eigenvalue weighted by Gasteiger charge is 2.43. The zero-order valence-electron chi connectivity index (χ0n) is 25.7. The molecule has 0 bridgehead atoms. The number of ketones is 1. The number of aryl methyl sites for hydroxylation is 2. The first kappa shape index (κ1) is 31.4. The number of likely N-dealkylation sites (N-methyl/N-ethyl adjacent to an activating group) is 1. The Bertz CT molecular complexity index is 1560. The fraction of sp³-hybridized carbons (Fsp3) is 0.455. The fourth-order valence-electron chi connectivity index (χ4n) is 6.32. The molecule has 234 valence electrons. The number of aromatic nitrogens is 2. The van der Waals surface area contributed by atoms with Gasteiger partial charge in [-0.2, -0.15) is 13.2 Å². The molecule has 1 saturated heterocycles. The number of fused-ring (bicyclic) bond motifs is 1. The fourth-order valence-corrected chi connectivity index (χ4v) is 6.32. The van der Waals surface area contributed by atoms with E-state index >= 15 is 0 Å². The van der Waals surface area contributed by atoms with E-state index in [1.54, 1.807) is 30.1 Å². The van der Waals surface area contributed by atoms with Gasteiger partial charge in [-0.3, -0.25) is 9.59 Å². The Morgan fingerprint density at radius 3 is 2.52 bits per heavy atom. The highest BCUT2D eigenvalue weighted by Crippen LogP contribution is 2.43. The number of methoxy groups -OCH3 is 1. The van der Waals surface area contributed by atoms with Crippen molar-refractivity contribution in [2.75, 3.05) is 44.5 Å². The molecule has 2 aromatic carbocycles. The molecular formula is C33H38F3N5O3. The molecule has 3 heterocycles. The van der Waals surface area contributed by atoms with Crippen molar-refractivity contribution >= 4 is 29.0 Å². The molecule has 1 N–H and O–H groups in total. The number of likely N-dealkylation sites (tertiary alicyclic amines) is 1. The van der Waals surface area contributed by atoms with E-state index in [0.717, 1.165) is 48.9 Å². The van der Waals surface area contributed by atoms with Gasteiger partial charge in [0.2, 0.25) is 11.9 Å². The first-order valence-electron chi connectivity index (χ1n) is 14.8. The van der Waals surface area contributed by atoms with Gasteiger partial charge >= 0.3 is 6.18 Å². The minimum Gasteiger partial charge on any atom is -0.495 e. The molecule has 0 spiro atoms. The Morgan fingerprint density at radius 1 is 1.11 bits per heavy atom. The maximum atomic E-state index is 14.0. The second-order valence-electron chi connectivity index (χ2n) is 12.3. The molecule has 1 fully saturated rings. The van der Waals surface area contributed by atoms with E-state index in [0.29, 0.717) is 29.3 Å². The summed E-state index contributed by atoms with van der Waals surface area (Å²) in [6.45, 7) is 5.61. The summed E-state index contributed by atoms with van der Waals surface area (Å²) in [6, 6.07) is 10.5. The molecular weight excluding hydrogens is 571 g/mol. The molecule has 8 nitrogen and oxygen atoms in total. The van der Waals surface area contributed by atoms with Gasteiger partial charge in [0.05, 0.1) is 29.5 Å². The van der Waals surface area contributed by atoms with E-state index in [2.05, 4.69) is 27.2 Å². The van der Waals surface area contributed by atoms with Crippen LogP contribution in [0, 0.1) is 5.92 Å². The van der Waals surface area contributed by atoms with Crippen LogP contribution in [0.2, 0.25) is 0 Å². The second kappa shape index (κ2) is 12.2. The van der Waals surface area contributed by atoms with Crippen molar-refractivity contribution in [2.45, 2.75) is 57.5 Å². The van der Waals surface area contributed by atoms with E-state index in [-0.39, 0.29) is 36.2 Å². The number of nitrogens with zero attached hydrogens (tertiary/aromatic N) is 4. The third-order valence-corrected chi connectivity index (χ3v) is 8.84. The number of benzene rings is 2. The number of ether oxygens (including phenoxy) is 1. The molecule has 1 amide bonds. The third-order valence-electron chi connectivity index (χ3n) is 8.84. The number of nitrogens with one attached hydrogen (secondary N) is 1. The van der Waals surface area contributed by atoms with E-state index in [4.69, 9.17) is 4.74 Å². The normalized spacial score (nSPS) is 17.1. The lowest BCUT2D eigenvalue weighted by molar-refractivity contribution is -0.138. The molecule has 11 heteroatoms. The molecule has 2 aliphatic rings. The van der Waals surface area contributed by atoms with Gasteiger partial charge in [-0.25, -0.2) is 9.97 Å². The largest absolute Gasteiger partial charge is 0.495 e. The molecule has 3 aromatic rings. The Kier molecular flexibility index (Phi) is 8.71. The highest BCUT2D eigenvalue weighted by molar-refractivity contribution is 6.07. The van der Waals surface area contributed by atoms with Gasteiger partial charge in [0.25, 0.3) is 0 Å². The molecule has 0 radical (unpaired) electrons. The summed E-state index contributed by atoms with van der Waals surface area (Å²) in [7, 11) is 5.25. The van der Waals surface area contributed by atoms with Crippen LogP contribution < -0.4 is 15.0 Å². The van der Waals surface area contributed by atoms with E-state index in [1.807, 2.05) is 32.0 Å². The van der Waals surface area contributed by atoms with E-state index in [1.165, 1.54) is 7.11 Å². The number of carbonyl (C=O) groups excluding carboxylic acids is 2. The number of halogens is 3. The molecule has 0 atom stereocenters. The number of rotatable bonds is 9. The number of anilines is 3. The lowest BCUT2D eigenvalue weighted by atomic mass is 9.82. The zero-order chi connectivity index (χ0) is 31.8. The number of alkyl halides is 3. The Labute approximate surface area is 255 Å². The van der Waals surface area contributed by atoms with Crippen LogP contribution in [0.3, 0.4) is 0 Å². The molecule has 5 rings (SSSR count). The van der Waals surface area contributed by atoms with E-state index < -0.39 is 17.2 Å². The Morgan fingerprint density at radius 2 is 1.84 bits per heavy atom. The summed E-state index contributed by atoms with van der Waals surface area (Å²) in [6.07, 6.45) is -1.20. The molecule has 1 aromatic heterocycles. The van der Waals surface area contributed by atoms with Gasteiger partial charge in [-0.15, -0.1) is 0 Å². The standard InChI is InChI=1S/C33H38F3N5O3/c1-32(2)29-21(7-6-8-26(29)41(4)30(32)43)9-11-24-23(33(34,35)36)19-37-31(38-24)39-25-12-10-22(18-28(25)44-5)27(42)17-20-13-15-40(3)16-14-20/h6-8,10,12,18-20H,9,11,13-17H2,1-5H3,(H,37,38,39). The summed E-state index contributed by atoms with van der Waals surface area (Å²) in [5, 5.41) is 2.98. The van der Waals surface area contributed by atoms with E-state index in [9.17, 15) is 22.8 Å². The second-order valence-corrected chi connectivity index (χ2v) is 12.3. The maximum absolute atomic E-state index is 14.0. The van der Waals surface area contributed by atoms with Crippen molar-refractivity contribution in [1.29, 1.82) is 0 Å². The SMILES string of the molecule is COc1cc(C(=O)CC2CCN(C)CC2)ccc1Nc1ncc(C(F)(F)F)c(CCc2cccc3c2C(C)(C)C(=O)N3C)n1. The summed E-state index contributed by atoms with van der Waals surface area (Å²) < 4.78 is 47.5. The van der Waals surface area contributed by atoms with Crippen molar-refractivity contribution in [3.05, 3.63) is 70.5 Å². The topological polar surface area (TPSA) is 87.7 Å². The summed E-state index contributed by atoms with van der Waals surface area (Å²) in [4.78, 5) is 37.9. The Hall–Kier alpha value is -3.99. The van der Waals surface area contributed by atoms with Crippen LogP contribution >= 0.6 is 0 Å². The van der Waals surface area contributed by atoms with Gasteiger partial charge in [0, 0.05) is 30.9 Å². The average Bonchev–Trinajstić information content (AvgIpc) is 3.17. The number of amides is 1. The lowest BCUT2D eigenvalue weighted by Crippen LogP contribution is -2.33. The molecule has 0 aliphatic carbocycles.